The van der Waals surface area contributed by atoms with Crippen molar-refractivity contribution in [3.63, 3.8) is 0 Å². The number of hydrogen-bond acceptors (Lipinski definition) is 5. The van der Waals surface area contributed by atoms with Crippen molar-refractivity contribution in [2.45, 2.75) is 43.8 Å². The van der Waals surface area contributed by atoms with Crippen LogP contribution in [0, 0.1) is 0 Å². The van der Waals surface area contributed by atoms with Gasteiger partial charge in [-0.1, -0.05) is 18.9 Å². The molecule has 35 heavy (non-hydrogen) atoms. The average Bonchev–Trinajstić information content (AvgIpc) is 3.58. The zero-order chi connectivity index (χ0) is 24.6. The molecule has 2 atom stereocenters. The molecule has 2 aromatic heterocycles. The van der Waals surface area contributed by atoms with Crippen LogP contribution < -0.4 is 19.7 Å². The van der Waals surface area contributed by atoms with Gasteiger partial charge in [0.05, 0.1) is 30.8 Å². The number of ether oxygens (including phenoxy) is 1. The van der Waals surface area contributed by atoms with E-state index in [1.807, 2.05) is 30.3 Å². The Morgan fingerprint density at radius 3 is 2.63 bits per heavy atom. The van der Waals surface area contributed by atoms with Gasteiger partial charge in [0.25, 0.3) is 0 Å². The third kappa shape index (κ3) is 4.72. The van der Waals surface area contributed by atoms with Crippen LogP contribution in [0.5, 0.6) is 5.75 Å². The van der Waals surface area contributed by atoms with Crippen LogP contribution in [0.25, 0.3) is 0 Å². The SMILES string of the molecule is COc1cc(N2C(=S)N[C@H](c3ccccn3)[C@H]2c2cccn2C2CCCC2)ccc1NS(C)(=O)=O. The van der Waals surface area contributed by atoms with Crippen molar-refractivity contribution < 1.29 is 13.2 Å². The smallest absolute Gasteiger partial charge is 0.229 e. The van der Waals surface area contributed by atoms with E-state index in [1.54, 1.807) is 12.3 Å². The molecule has 184 valence electrons. The first-order valence-electron chi connectivity index (χ1n) is 11.7. The number of thiocarbonyl (C=S) groups is 1. The molecular formula is C25H29N5O3S2. The second-order valence-corrected chi connectivity index (χ2v) is 11.2. The Bertz CT molecular complexity index is 1320. The van der Waals surface area contributed by atoms with E-state index in [4.69, 9.17) is 17.0 Å². The van der Waals surface area contributed by atoms with Crippen LogP contribution in [0.4, 0.5) is 11.4 Å². The van der Waals surface area contributed by atoms with Crippen molar-refractivity contribution in [3.05, 3.63) is 72.3 Å². The molecule has 1 aromatic carbocycles. The average molecular weight is 512 g/mol. The molecule has 0 unspecified atom stereocenters. The maximum Gasteiger partial charge on any atom is 0.229 e. The topological polar surface area (TPSA) is 88.5 Å². The lowest BCUT2D eigenvalue weighted by Crippen LogP contribution is -2.30. The van der Waals surface area contributed by atoms with E-state index in [2.05, 4.69) is 42.8 Å². The minimum absolute atomic E-state index is 0.147. The highest BCUT2D eigenvalue weighted by Crippen LogP contribution is 2.45. The number of pyridine rings is 1. The molecule has 2 fully saturated rings. The van der Waals surface area contributed by atoms with Crippen molar-refractivity contribution in [1.82, 2.24) is 14.9 Å². The molecule has 1 saturated heterocycles. The Kier molecular flexibility index (Phi) is 6.41. The second kappa shape index (κ2) is 9.50. The highest BCUT2D eigenvalue weighted by Gasteiger charge is 2.42. The van der Waals surface area contributed by atoms with Gasteiger partial charge in [-0.15, -0.1) is 0 Å². The minimum atomic E-state index is -3.45. The van der Waals surface area contributed by atoms with Crippen LogP contribution in [-0.2, 0) is 10.0 Å². The summed E-state index contributed by atoms with van der Waals surface area (Å²) in [6, 6.07) is 15.7. The molecule has 10 heteroatoms. The Labute approximate surface area is 211 Å². The number of nitrogens with zero attached hydrogens (tertiary/aromatic N) is 3. The van der Waals surface area contributed by atoms with Gasteiger partial charge in [-0.3, -0.25) is 9.71 Å². The van der Waals surface area contributed by atoms with E-state index in [0.717, 1.165) is 23.3 Å². The van der Waals surface area contributed by atoms with Gasteiger partial charge in [0.2, 0.25) is 10.0 Å². The fraction of sp³-hybridized carbons (Fsp3) is 0.360. The Hall–Kier alpha value is -3.11. The summed E-state index contributed by atoms with van der Waals surface area (Å²) in [6.07, 6.45) is 9.89. The molecule has 0 radical (unpaired) electrons. The first-order valence-corrected chi connectivity index (χ1v) is 14.0. The third-order valence-electron chi connectivity index (χ3n) is 6.69. The van der Waals surface area contributed by atoms with Gasteiger partial charge in [-0.05, 0) is 61.5 Å². The molecule has 2 aliphatic rings. The van der Waals surface area contributed by atoms with E-state index in [0.29, 0.717) is 22.6 Å². The number of aromatic nitrogens is 2. The first-order chi connectivity index (χ1) is 16.9. The first kappa shape index (κ1) is 23.6. The number of sulfonamides is 1. The lowest BCUT2D eigenvalue weighted by molar-refractivity contribution is 0.416. The molecule has 5 rings (SSSR count). The van der Waals surface area contributed by atoms with Crippen molar-refractivity contribution in [3.8, 4) is 5.75 Å². The van der Waals surface area contributed by atoms with E-state index in [-0.39, 0.29) is 12.1 Å². The monoisotopic (exact) mass is 511 g/mol. The zero-order valence-corrected chi connectivity index (χ0v) is 21.3. The Morgan fingerprint density at radius 2 is 1.94 bits per heavy atom. The predicted molar refractivity (Wildman–Crippen MR) is 141 cm³/mol. The number of hydrogen-bond donors (Lipinski definition) is 2. The number of nitrogens with one attached hydrogen (secondary N) is 2. The maximum absolute atomic E-state index is 11.8. The number of methoxy groups -OCH3 is 1. The lowest BCUT2D eigenvalue weighted by Gasteiger charge is -2.30. The Balaban J connectivity index is 1.61. The highest BCUT2D eigenvalue weighted by atomic mass is 32.2. The van der Waals surface area contributed by atoms with Gasteiger partial charge < -0.3 is 19.5 Å². The molecule has 1 aliphatic heterocycles. The standard InChI is InChI=1S/C25H29N5O3S2/c1-33-22-16-18(12-13-19(22)28-35(2,31)32)30-24(21-11-7-15-29(21)17-8-3-4-9-17)23(27-25(30)34)20-10-5-6-14-26-20/h5-7,10-17,23-24,28H,3-4,8-9H2,1-2H3,(H,27,34)/t23-,24-/m1/s1. The summed E-state index contributed by atoms with van der Waals surface area (Å²) in [7, 11) is -1.93. The summed E-state index contributed by atoms with van der Waals surface area (Å²) in [5.74, 6) is 0.418. The predicted octanol–water partition coefficient (Wildman–Crippen LogP) is 4.56. The largest absolute Gasteiger partial charge is 0.494 e. The van der Waals surface area contributed by atoms with Gasteiger partial charge in [0, 0.05) is 35.9 Å². The molecule has 1 saturated carbocycles. The molecule has 0 amide bonds. The molecule has 0 bridgehead atoms. The zero-order valence-electron chi connectivity index (χ0n) is 19.7. The second-order valence-electron chi connectivity index (χ2n) is 9.03. The number of rotatable bonds is 7. The molecule has 0 spiro atoms. The molecule has 3 aromatic rings. The van der Waals surface area contributed by atoms with Crippen LogP contribution in [0.1, 0.15) is 55.2 Å². The molecule has 8 nitrogen and oxygen atoms in total. The Morgan fingerprint density at radius 1 is 1.14 bits per heavy atom. The summed E-state index contributed by atoms with van der Waals surface area (Å²) < 4.78 is 34.1. The lowest BCUT2D eigenvalue weighted by atomic mass is 10.00. The molecule has 1 aliphatic carbocycles. The van der Waals surface area contributed by atoms with Crippen LogP contribution in [0.15, 0.2) is 60.9 Å². The van der Waals surface area contributed by atoms with Crippen LogP contribution in [-0.4, -0.2) is 36.4 Å². The van der Waals surface area contributed by atoms with Gasteiger partial charge in [-0.25, -0.2) is 8.42 Å². The molecule has 2 N–H and O–H groups in total. The third-order valence-corrected chi connectivity index (χ3v) is 7.59. The van der Waals surface area contributed by atoms with Crippen LogP contribution in [0.2, 0.25) is 0 Å². The summed E-state index contributed by atoms with van der Waals surface area (Å²) in [6.45, 7) is 0. The van der Waals surface area contributed by atoms with Gasteiger partial charge in [-0.2, -0.15) is 0 Å². The highest BCUT2D eigenvalue weighted by molar-refractivity contribution is 7.92. The minimum Gasteiger partial charge on any atom is -0.494 e. The maximum atomic E-state index is 11.8. The molecule has 3 heterocycles. The van der Waals surface area contributed by atoms with E-state index < -0.39 is 10.0 Å². The normalized spacial score (nSPS) is 20.7. The molecular weight excluding hydrogens is 482 g/mol. The van der Waals surface area contributed by atoms with E-state index >= 15 is 0 Å². The summed E-state index contributed by atoms with van der Waals surface area (Å²) in [5.41, 5.74) is 3.26. The van der Waals surface area contributed by atoms with Crippen molar-refractivity contribution in [2.24, 2.45) is 0 Å². The summed E-state index contributed by atoms with van der Waals surface area (Å²) in [5, 5.41) is 4.07. The number of anilines is 2. The van der Waals surface area contributed by atoms with Crippen LogP contribution in [0.3, 0.4) is 0 Å². The van der Waals surface area contributed by atoms with Crippen molar-refractivity contribution in [1.29, 1.82) is 0 Å². The van der Waals surface area contributed by atoms with Gasteiger partial charge in [0.1, 0.15) is 11.8 Å². The van der Waals surface area contributed by atoms with Crippen molar-refractivity contribution in [2.75, 3.05) is 23.0 Å². The van der Waals surface area contributed by atoms with E-state index in [1.165, 1.54) is 32.8 Å². The van der Waals surface area contributed by atoms with Gasteiger partial charge in [0.15, 0.2) is 5.11 Å². The fourth-order valence-electron chi connectivity index (χ4n) is 5.22. The summed E-state index contributed by atoms with van der Waals surface area (Å²) >= 11 is 5.85. The van der Waals surface area contributed by atoms with E-state index in [9.17, 15) is 8.42 Å². The van der Waals surface area contributed by atoms with Gasteiger partial charge >= 0.3 is 0 Å². The fourth-order valence-corrected chi connectivity index (χ4v) is 6.13. The quantitative estimate of drug-likeness (QED) is 0.450. The summed E-state index contributed by atoms with van der Waals surface area (Å²) in [4.78, 5) is 6.72. The number of benzene rings is 1. The van der Waals surface area contributed by atoms with Crippen molar-refractivity contribution >= 4 is 38.7 Å². The van der Waals surface area contributed by atoms with Crippen LogP contribution >= 0.6 is 12.2 Å².